The van der Waals surface area contributed by atoms with Crippen LogP contribution in [-0.2, 0) is 0 Å². The summed E-state index contributed by atoms with van der Waals surface area (Å²) in [5.74, 6) is 0.504. The van der Waals surface area contributed by atoms with Crippen molar-refractivity contribution in [1.29, 1.82) is 0 Å². The first kappa shape index (κ1) is 14.8. The highest BCUT2D eigenvalue weighted by molar-refractivity contribution is 6.17. The number of hydrogen-bond donors (Lipinski definition) is 1. The molecular weight excluding hydrogens is 276 g/mol. The van der Waals surface area contributed by atoms with Crippen LogP contribution in [0.2, 0.25) is 0 Å². The number of halogens is 1. The summed E-state index contributed by atoms with van der Waals surface area (Å²) in [5, 5.41) is 25.1. The largest absolute Gasteiger partial charge is 0.301 e. The first-order valence-electron chi connectivity index (χ1n) is 5.32. The van der Waals surface area contributed by atoms with Gasteiger partial charge in [-0.05, 0) is 18.9 Å². The minimum absolute atomic E-state index is 0.0951. The van der Waals surface area contributed by atoms with E-state index in [4.69, 9.17) is 11.6 Å². The molecule has 9 heteroatoms. The molecule has 1 N–H and O–H groups in total. The Bertz CT molecular complexity index is 506. The maximum Gasteiger partial charge on any atom is 0.301 e. The number of nitro benzene ring substituents is 2. The lowest BCUT2D eigenvalue weighted by Gasteiger charge is -2.01. The molecule has 0 fully saturated rings. The van der Waals surface area contributed by atoms with Crippen molar-refractivity contribution in [3.8, 4) is 0 Å². The number of unbranched alkanes of at least 4 members (excludes halogenated alkanes) is 1. The van der Waals surface area contributed by atoms with Gasteiger partial charge in [0.15, 0.2) is 0 Å². The van der Waals surface area contributed by atoms with Gasteiger partial charge in [0, 0.05) is 18.2 Å². The van der Waals surface area contributed by atoms with E-state index >= 15 is 0 Å². The zero-order valence-electron chi connectivity index (χ0n) is 9.78. The van der Waals surface area contributed by atoms with E-state index in [1.165, 1.54) is 18.3 Å². The van der Waals surface area contributed by atoms with Crippen LogP contribution >= 0.6 is 11.6 Å². The third-order valence-corrected chi connectivity index (χ3v) is 2.40. The second kappa shape index (κ2) is 7.27. The predicted molar refractivity (Wildman–Crippen MR) is 71.8 cm³/mol. The Morgan fingerprint density at radius 2 is 2.05 bits per heavy atom. The van der Waals surface area contributed by atoms with E-state index < -0.39 is 15.5 Å². The van der Waals surface area contributed by atoms with Crippen LogP contribution in [0.1, 0.15) is 12.8 Å². The van der Waals surface area contributed by atoms with Crippen LogP contribution in [0.3, 0.4) is 0 Å². The van der Waals surface area contributed by atoms with Crippen LogP contribution in [-0.4, -0.2) is 21.9 Å². The lowest BCUT2D eigenvalue weighted by molar-refractivity contribution is -0.393. The molecule has 19 heavy (non-hydrogen) atoms. The van der Waals surface area contributed by atoms with Gasteiger partial charge in [-0.1, -0.05) is 0 Å². The van der Waals surface area contributed by atoms with E-state index in [0.29, 0.717) is 12.3 Å². The Morgan fingerprint density at radius 3 is 2.63 bits per heavy atom. The van der Waals surface area contributed by atoms with Crippen molar-refractivity contribution in [3.05, 3.63) is 38.4 Å². The maximum absolute atomic E-state index is 10.8. The molecule has 102 valence electrons. The summed E-state index contributed by atoms with van der Waals surface area (Å²) < 4.78 is 0. The highest BCUT2D eigenvalue weighted by Crippen LogP contribution is 2.28. The number of hydrazone groups is 1. The molecule has 8 nitrogen and oxygen atoms in total. The Hall–Kier alpha value is -2.22. The van der Waals surface area contributed by atoms with Crippen LogP contribution in [0.4, 0.5) is 17.1 Å². The number of rotatable bonds is 7. The highest BCUT2D eigenvalue weighted by Gasteiger charge is 2.18. The van der Waals surface area contributed by atoms with Gasteiger partial charge in [0.25, 0.3) is 5.69 Å². The van der Waals surface area contributed by atoms with E-state index in [1.54, 1.807) is 0 Å². The first-order valence-corrected chi connectivity index (χ1v) is 5.86. The number of nitrogens with one attached hydrogen (secondary N) is 1. The monoisotopic (exact) mass is 286 g/mol. The van der Waals surface area contributed by atoms with E-state index in [9.17, 15) is 20.2 Å². The summed E-state index contributed by atoms with van der Waals surface area (Å²) in [6.07, 6.45) is 2.92. The molecule has 0 aromatic heterocycles. The summed E-state index contributed by atoms with van der Waals surface area (Å²) in [4.78, 5) is 19.9. The van der Waals surface area contributed by atoms with Crippen molar-refractivity contribution in [3.63, 3.8) is 0 Å². The Kier molecular flexibility index (Phi) is 5.68. The molecule has 0 atom stereocenters. The van der Waals surface area contributed by atoms with Gasteiger partial charge >= 0.3 is 5.69 Å². The summed E-state index contributed by atoms with van der Waals surface area (Å²) in [6.45, 7) is 0. The molecule has 0 heterocycles. The Labute approximate surface area is 113 Å². The predicted octanol–water partition coefficient (Wildman–Crippen LogP) is 2.92. The molecule has 0 saturated carbocycles. The van der Waals surface area contributed by atoms with Crippen molar-refractivity contribution < 1.29 is 9.85 Å². The fourth-order valence-electron chi connectivity index (χ4n) is 1.23. The molecule has 0 aliphatic carbocycles. The molecule has 0 radical (unpaired) electrons. The molecule has 1 aromatic rings. The third kappa shape index (κ3) is 4.51. The molecule has 0 unspecified atom stereocenters. The van der Waals surface area contributed by atoms with Gasteiger partial charge in [0.05, 0.1) is 15.9 Å². The lowest BCUT2D eigenvalue weighted by atomic mass is 10.2. The Balaban J connectivity index is 2.85. The van der Waals surface area contributed by atoms with Crippen LogP contribution in [0, 0.1) is 20.2 Å². The molecular formula is C10H11ClN4O4. The minimum Gasteiger partial charge on any atom is -0.272 e. The summed E-state index contributed by atoms with van der Waals surface area (Å²) in [7, 11) is 0. The number of alkyl halides is 1. The first-order chi connectivity index (χ1) is 9.06. The number of benzene rings is 1. The number of non-ortho nitro benzene ring substituents is 1. The number of nitro groups is 2. The SMILES string of the molecule is O=[N+]([O-])c1ccc(N/N=C/CCCCl)c([N+](=O)[O-])c1. The van der Waals surface area contributed by atoms with E-state index in [-0.39, 0.29) is 11.4 Å². The molecule has 0 spiro atoms. The third-order valence-electron chi connectivity index (χ3n) is 2.13. The van der Waals surface area contributed by atoms with E-state index in [2.05, 4.69) is 10.5 Å². The fraction of sp³-hybridized carbons (Fsp3) is 0.300. The maximum atomic E-state index is 10.8. The quantitative estimate of drug-likeness (QED) is 0.272. The zero-order chi connectivity index (χ0) is 14.3. The topological polar surface area (TPSA) is 111 Å². The smallest absolute Gasteiger partial charge is 0.272 e. The van der Waals surface area contributed by atoms with Crippen molar-refractivity contribution in [2.45, 2.75) is 12.8 Å². The van der Waals surface area contributed by atoms with Gasteiger partial charge in [-0.2, -0.15) is 5.10 Å². The summed E-state index contributed by atoms with van der Waals surface area (Å²) in [5.41, 5.74) is 1.83. The standard InChI is InChI=1S/C10H11ClN4O4/c11-5-1-2-6-12-13-9-4-3-8(14(16)17)7-10(9)15(18)19/h3-4,6-7,13H,1-2,5H2/b12-6+. The molecule has 0 amide bonds. The van der Waals surface area contributed by atoms with Crippen molar-refractivity contribution >= 4 is 34.9 Å². The Morgan fingerprint density at radius 1 is 1.32 bits per heavy atom. The van der Waals surface area contributed by atoms with Crippen molar-refractivity contribution in [2.24, 2.45) is 5.10 Å². The van der Waals surface area contributed by atoms with Crippen molar-refractivity contribution in [1.82, 2.24) is 0 Å². The van der Waals surface area contributed by atoms with Gasteiger partial charge in [0.1, 0.15) is 5.69 Å². The van der Waals surface area contributed by atoms with Crippen LogP contribution in [0.15, 0.2) is 23.3 Å². The molecule has 0 aliphatic heterocycles. The van der Waals surface area contributed by atoms with E-state index in [1.807, 2.05) is 0 Å². The second-order valence-electron chi connectivity index (χ2n) is 3.47. The average molecular weight is 287 g/mol. The van der Waals surface area contributed by atoms with E-state index in [0.717, 1.165) is 12.5 Å². The average Bonchev–Trinajstić information content (AvgIpc) is 2.38. The van der Waals surface area contributed by atoms with Crippen LogP contribution < -0.4 is 5.43 Å². The molecule has 0 aliphatic rings. The highest BCUT2D eigenvalue weighted by atomic mass is 35.5. The number of hydrogen-bond acceptors (Lipinski definition) is 6. The summed E-state index contributed by atoms with van der Waals surface area (Å²) >= 11 is 5.48. The van der Waals surface area contributed by atoms with Gasteiger partial charge < -0.3 is 0 Å². The second-order valence-corrected chi connectivity index (χ2v) is 3.85. The van der Waals surface area contributed by atoms with Crippen molar-refractivity contribution in [2.75, 3.05) is 11.3 Å². The molecule has 1 rings (SSSR count). The fourth-order valence-corrected chi connectivity index (χ4v) is 1.38. The molecule has 1 aromatic carbocycles. The number of nitrogens with zero attached hydrogens (tertiary/aromatic N) is 3. The molecule has 0 bridgehead atoms. The lowest BCUT2D eigenvalue weighted by Crippen LogP contribution is -1.98. The zero-order valence-corrected chi connectivity index (χ0v) is 10.5. The van der Waals surface area contributed by atoms with Gasteiger partial charge in [-0.15, -0.1) is 11.6 Å². The number of anilines is 1. The summed E-state index contributed by atoms with van der Waals surface area (Å²) in [6, 6.07) is 3.30. The van der Waals surface area contributed by atoms with Gasteiger partial charge in [0.2, 0.25) is 0 Å². The molecule has 0 saturated heterocycles. The van der Waals surface area contributed by atoms with Crippen LogP contribution in [0.25, 0.3) is 0 Å². The van der Waals surface area contributed by atoms with Gasteiger partial charge in [-0.3, -0.25) is 25.7 Å². The van der Waals surface area contributed by atoms with Crippen LogP contribution in [0.5, 0.6) is 0 Å². The normalized spacial score (nSPS) is 10.6. The van der Waals surface area contributed by atoms with Gasteiger partial charge in [-0.25, -0.2) is 0 Å². The minimum atomic E-state index is -0.705.